The van der Waals surface area contributed by atoms with Gasteiger partial charge in [0.05, 0.1) is 4.90 Å². The maximum absolute atomic E-state index is 13.0. The zero-order valence-corrected chi connectivity index (χ0v) is 14.1. The van der Waals surface area contributed by atoms with E-state index in [0.717, 1.165) is 37.9 Å². The SMILES string of the molecule is C[C@@H]1C[C@@H](N)CCN1S(=O)(=O)c1ccc2c(c1)N(C)CCC2. The summed E-state index contributed by atoms with van der Waals surface area (Å²) in [7, 11) is -1.42. The molecule has 2 aliphatic rings. The van der Waals surface area contributed by atoms with Crippen LogP contribution in [0.25, 0.3) is 0 Å². The molecular formula is C16H25N3O2S. The molecule has 5 nitrogen and oxygen atoms in total. The zero-order valence-electron chi connectivity index (χ0n) is 13.3. The fourth-order valence-corrected chi connectivity index (χ4v) is 5.25. The number of hydrogen-bond donors (Lipinski definition) is 1. The maximum atomic E-state index is 13.0. The van der Waals surface area contributed by atoms with Crippen LogP contribution in [0.1, 0.15) is 31.7 Å². The Labute approximate surface area is 133 Å². The van der Waals surface area contributed by atoms with Crippen LogP contribution >= 0.6 is 0 Å². The highest BCUT2D eigenvalue weighted by Gasteiger charge is 2.34. The molecule has 2 N–H and O–H groups in total. The molecular weight excluding hydrogens is 298 g/mol. The Kier molecular flexibility index (Phi) is 4.18. The number of aryl methyl sites for hydroxylation is 1. The molecule has 0 aromatic heterocycles. The number of benzene rings is 1. The molecule has 0 spiro atoms. The van der Waals surface area contributed by atoms with Gasteiger partial charge in [0.2, 0.25) is 10.0 Å². The second-order valence-corrected chi connectivity index (χ2v) is 8.46. The van der Waals surface area contributed by atoms with Crippen molar-refractivity contribution >= 4 is 15.7 Å². The first-order chi connectivity index (χ1) is 10.4. The lowest BCUT2D eigenvalue weighted by Gasteiger charge is -2.35. The van der Waals surface area contributed by atoms with Gasteiger partial charge >= 0.3 is 0 Å². The highest BCUT2D eigenvalue weighted by atomic mass is 32.2. The molecule has 0 aliphatic carbocycles. The van der Waals surface area contributed by atoms with Crippen molar-refractivity contribution in [3.63, 3.8) is 0 Å². The van der Waals surface area contributed by atoms with E-state index >= 15 is 0 Å². The van der Waals surface area contributed by atoms with Gasteiger partial charge in [0.15, 0.2) is 0 Å². The van der Waals surface area contributed by atoms with Gasteiger partial charge in [-0.05, 0) is 50.3 Å². The second kappa shape index (κ2) is 5.83. The normalized spacial score (nSPS) is 26.8. The number of fused-ring (bicyclic) bond motifs is 1. The van der Waals surface area contributed by atoms with Gasteiger partial charge in [-0.3, -0.25) is 0 Å². The summed E-state index contributed by atoms with van der Waals surface area (Å²) in [6.45, 7) is 3.43. The summed E-state index contributed by atoms with van der Waals surface area (Å²) in [5, 5.41) is 0. The van der Waals surface area contributed by atoms with Gasteiger partial charge in [0.25, 0.3) is 0 Å². The summed E-state index contributed by atoms with van der Waals surface area (Å²) < 4.78 is 27.5. The lowest BCUT2D eigenvalue weighted by molar-refractivity contribution is 0.247. The Hall–Kier alpha value is -1.11. The molecule has 1 saturated heterocycles. The van der Waals surface area contributed by atoms with Crippen LogP contribution in [0.2, 0.25) is 0 Å². The molecule has 1 aromatic rings. The van der Waals surface area contributed by atoms with E-state index in [4.69, 9.17) is 5.73 Å². The smallest absolute Gasteiger partial charge is 0.243 e. The Morgan fingerprint density at radius 1 is 1.27 bits per heavy atom. The third-order valence-corrected chi connectivity index (χ3v) is 6.88. The lowest BCUT2D eigenvalue weighted by Crippen LogP contribution is -2.48. The van der Waals surface area contributed by atoms with Crippen molar-refractivity contribution in [1.29, 1.82) is 0 Å². The van der Waals surface area contributed by atoms with Crippen molar-refractivity contribution in [2.75, 3.05) is 25.0 Å². The molecule has 22 heavy (non-hydrogen) atoms. The highest BCUT2D eigenvalue weighted by molar-refractivity contribution is 7.89. The largest absolute Gasteiger partial charge is 0.374 e. The predicted octanol–water partition coefficient (Wildman–Crippen LogP) is 1.57. The third kappa shape index (κ3) is 2.75. The first-order valence-electron chi connectivity index (χ1n) is 8.01. The highest BCUT2D eigenvalue weighted by Crippen LogP contribution is 2.31. The Morgan fingerprint density at radius 3 is 2.77 bits per heavy atom. The maximum Gasteiger partial charge on any atom is 0.243 e. The Bertz CT molecular complexity index is 659. The minimum atomic E-state index is -3.44. The summed E-state index contributed by atoms with van der Waals surface area (Å²) in [5.41, 5.74) is 8.24. The molecule has 3 rings (SSSR count). The molecule has 1 aromatic carbocycles. The predicted molar refractivity (Wildman–Crippen MR) is 88.6 cm³/mol. The molecule has 122 valence electrons. The fraction of sp³-hybridized carbons (Fsp3) is 0.625. The van der Waals surface area contributed by atoms with E-state index in [1.807, 2.05) is 26.1 Å². The average molecular weight is 323 g/mol. The van der Waals surface area contributed by atoms with E-state index < -0.39 is 10.0 Å². The quantitative estimate of drug-likeness (QED) is 0.897. The number of piperidine rings is 1. The molecule has 1 fully saturated rings. The van der Waals surface area contributed by atoms with Crippen LogP contribution in [-0.2, 0) is 16.4 Å². The molecule has 6 heteroatoms. The summed E-state index contributed by atoms with van der Waals surface area (Å²) in [4.78, 5) is 2.55. The summed E-state index contributed by atoms with van der Waals surface area (Å²) in [6.07, 6.45) is 3.60. The van der Waals surface area contributed by atoms with E-state index in [2.05, 4.69) is 4.90 Å². The van der Waals surface area contributed by atoms with Crippen molar-refractivity contribution in [2.45, 2.75) is 49.6 Å². The van der Waals surface area contributed by atoms with Crippen molar-refractivity contribution in [3.05, 3.63) is 23.8 Å². The van der Waals surface area contributed by atoms with E-state index in [-0.39, 0.29) is 12.1 Å². The standard InChI is InChI=1S/C16H25N3O2S/c1-12-10-14(17)7-9-19(12)22(20,21)15-6-5-13-4-3-8-18(2)16(13)11-15/h5-6,11-12,14H,3-4,7-10,17H2,1-2H3/t12-,14+/m1/s1. The molecule has 0 bridgehead atoms. The molecule has 0 unspecified atom stereocenters. The van der Waals surface area contributed by atoms with Gasteiger partial charge in [-0.2, -0.15) is 4.31 Å². The van der Waals surface area contributed by atoms with E-state index in [1.54, 1.807) is 10.4 Å². The van der Waals surface area contributed by atoms with Crippen LogP contribution < -0.4 is 10.6 Å². The molecule has 2 atom stereocenters. The van der Waals surface area contributed by atoms with Gasteiger partial charge in [0, 0.05) is 37.9 Å². The van der Waals surface area contributed by atoms with Crippen LogP contribution in [0.3, 0.4) is 0 Å². The molecule has 2 aliphatic heterocycles. The Morgan fingerprint density at radius 2 is 2.05 bits per heavy atom. The molecule has 2 heterocycles. The summed E-state index contributed by atoms with van der Waals surface area (Å²) in [6, 6.07) is 5.64. The minimum Gasteiger partial charge on any atom is -0.374 e. The third-order valence-electron chi connectivity index (χ3n) is 4.87. The van der Waals surface area contributed by atoms with Crippen LogP contribution in [0, 0.1) is 0 Å². The van der Waals surface area contributed by atoms with Gasteiger partial charge in [-0.25, -0.2) is 8.42 Å². The monoisotopic (exact) mass is 323 g/mol. The molecule has 0 radical (unpaired) electrons. The minimum absolute atomic E-state index is 0.0393. The number of nitrogens with two attached hydrogens (primary N) is 1. The molecule has 0 saturated carbocycles. The number of anilines is 1. The first kappa shape index (κ1) is 15.8. The number of nitrogens with zero attached hydrogens (tertiary/aromatic N) is 2. The van der Waals surface area contributed by atoms with Crippen molar-refractivity contribution in [1.82, 2.24) is 4.31 Å². The first-order valence-corrected chi connectivity index (χ1v) is 9.45. The lowest BCUT2D eigenvalue weighted by atomic mass is 10.0. The topological polar surface area (TPSA) is 66.6 Å². The van der Waals surface area contributed by atoms with Gasteiger partial charge < -0.3 is 10.6 Å². The van der Waals surface area contributed by atoms with Crippen molar-refractivity contribution < 1.29 is 8.42 Å². The van der Waals surface area contributed by atoms with Crippen molar-refractivity contribution in [2.24, 2.45) is 5.73 Å². The summed E-state index contributed by atoms with van der Waals surface area (Å²) >= 11 is 0. The van der Waals surface area contributed by atoms with E-state index in [1.165, 1.54) is 5.56 Å². The number of hydrogen-bond acceptors (Lipinski definition) is 4. The summed E-state index contributed by atoms with van der Waals surface area (Å²) in [5.74, 6) is 0. The number of rotatable bonds is 2. The van der Waals surface area contributed by atoms with E-state index in [9.17, 15) is 8.42 Å². The van der Waals surface area contributed by atoms with Gasteiger partial charge in [-0.15, -0.1) is 0 Å². The average Bonchev–Trinajstić information content (AvgIpc) is 2.47. The zero-order chi connectivity index (χ0) is 15.9. The van der Waals surface area contributed by atoms with Crippen LogP contribution in [0.5, 0.6) is 0 Å². The van der Waals surface area contributed by atoms with Gasteiger partial charge in [0.1, 0.15) is 0 Å². The Balaban J connectivity index is 1.94. The van der Waals surface area contributed by atoms with Crippen LogP contribution in [0.4, 0.5) is 5.69 Å². The van der Waals surface area contributed by atoms with Crippen LogP contribution in [-0.4, -0.2) is 44.9 Å². The molecule has 0 amide bonds. The fourth-order valence-electron chi connectivity index (χ4n) is 3.58. The second-order valence-electron chi connectivity index (χ2n) is 6.56. The van der Waals surface area contributed by atoms with Crippen LogP contribution in [0.15, 0.2) is 23.1 Å². The number of sulfonamides is 1. The van der Waals surface area contributed by atoms with Gasteiger partial charge in [-0.1, -0.05) is 6.07 Å². The van der Waals surface area contributed by atoms with E-state index in [0.29, 0.717) is 11.4 Å². The van der Waals surface area contributed by atoms with Crippen molar-refractivity contribution in [3.8, 4) is 0 Å².